The second-order valence-electron chi connectivity index (χ2n) is 5.63. The topological polar surface area (TPSA) is 46.3 Å². The molecule has 1 saturated carbocycles. The Kier molecular flexibility index (Phi) is 5.96. The van der Waals surface area contributed by atoms with Crippen LogP contribution in [0.2, 0.25) is 0 Å². The smallest absolute Gasteiger partial charge is 0.222 e. The van der Waals surface area contributed by atoms with Gasteiger partial charge in [0, 0.05) is 25.6 Å². The molecule has 1 aliphatic rings. The lowest BCUT2D eigenvalue weighted by Crippen LogP contribution is -2.37. The van der Waals surface area contributed by atoms with E-state index in [4.69, 9.17) is 5.73 Å². The van der Waals surface area contributed by atoms with E-state index >= 15 is 0 Å². The molecule has 2 N–H and O–H groups in total. The number of hydrogen-bond donors (Lipinski definition) is 1. The normalized spacial score (nSPS) is 26.6. The first kappa shape index (κ1) is 14.5. The summed E-state index contributed by atoms with van der Waals surface area (Å²) in [6.07, 6.45) is 7.39. The highest BCUT2D eigenvalue weighted by Gasteiger charge is 2.23. The molecule has 0 bridgehead atoms. The predicted molar refractivity (Wildman–Crippen MR) is 71.7 cm³/mol. The van der Waals surface area contributed by atoms with E-state index in [-0.39, 0.29) is 0 Å². The number of amides is 1. The summed E-state index contributed by atoms with van der Waals surface area (Å²) in [5.41, 5.74) is 5.88. The minimum atomic E-state index is 0.312. The molecule has 1 aliphatic carbocycles. The third kappa shape index (κ3) is 4.66. The van der Waals surface area contributed by atoms with Crippen molar-refractivity contribution in [1.29, 1.82) is 0 Å². The van der Waals surface area contributed by atoms with Crippen molar-refractivity contribution in [3.63, 3.8) is 0 Å². The zero-order valence-electron chi connectivity index (χ0n) is 11.6. The van der Waals surface area contributed by atoms with Gasteiger partial charge in [0.05, 0.1) is 0 Å². The predicted octanol–water partition coefficient (Wildman–Crippen LogP) is 2.54. The molecule has 1 rings (SSSR count). The van der Waals surface area contributed by atoms with Crippen LogP contribution in [0.1, 0.15) is 58.8 Å². The molecule has 0 saturated heterocycles. The first-order valence-corrected chi connectivity index (χ1v) is 7.05. The third-order valence-corrected chi connectivity index (χ3v) is 4.12. The number of hydrogen-bond acceptors (Lipinski definition) is 2. The molecular formula is C14H28N2O. The van der Waals surface area contributed by atoms with E-state index in [2.05, 4.69) is 13.8 Å². The highest BCUT2D eigenvalue weighted by Crippen LogP contribution is 2.26. The largest absolute Gasteiger partial charge is 0.343 e. The van der Waals surface area contributed by atoms with Crippen molar-refractivity contribution in [2.24, 2.45) is 11.7 Å². The SMILES string of the molecule is CCCC(C)N(C)C(=O)CC1CCC(N)CC1. The van der Waals surface area contributed by atoms with Crippen LogP contribution in [0.15, 0.2) is 0 Å². The van der Waals surface area contributed by atoms with Crippen LogP contribution in [0.5, 0.6) is 0 Å². The molecule has 1 atom stereocenters. The molecule has 1 fully saturated rings. The van der Waals surface area contributed by atoms with Crippen LogP contribution in [-0.4, -0.2) is 29.9 Å². The van der Waals surface area contributed by atoms with Crippen LogP contribution in [0.4, 0.5) is 0 Å². The molecular weight excluding hydrogens is 212 g/mol. The maximum Gasteiger partial charge on any atom is 0.222 e. The first-order chi connectivity index (χ1) is 8.04. The quantitative estimate of drug-likeness (QED) is 0.802. The van der Waals surface area contributed by atoms with Gasteiger partial charge in [0.2, 0.25) is 5.91 Å². The van der Waals surface area contributed by atoms with Crippen molar-refractivity contribution < 1.29 is 4.79 Å². The van der Waals surface area contributed by atoms with Crippen molar-refractivity contribution >= 4 is 5.91 Å². The van der Waals surface area contributed by atoms with Crippen LogP contribution in [-0.2, 0) is 4.79 Å². The zero-order valence-corrected chi connectivity index (χ0v) is 11.6. The van der Waals surface area contributed by atoms with Crippen molar-refractivity contribution in [1.82, 2.24) is 4.90 Å². The Morgan fingerprint density at radius 2 is 1.94 bits per heavy atom. The van der Waals surface area contributed by atoms with Gasteiger partial charge in [-0.15, -0.1) is 0 Å². The van der Waals surface area contributed by atoms with Crippen molar-refractivity contribution in [2.45, 2.75) is 70.9 Å². The first-order valence-electron chi connectivity index (χ1n) is 7.05. The molecule has 17 heavy (non-hydrogen) atoms. The highest BCUT2D eigenvalue weighted by atomic mass is 16.2. The van der Waals surface area contributed by atoms with Crippen LogP contribution in [0, 0.1) is 5.92 Å². The lowest BCUT2D eigenvalue weighted by atomic mass is 9.84. The van der Waals surface area contributed by atoms with E-state index in [0.717, 1.165) is 44.9 Å². The molecule has 0 radical (unpaired) electrons. The van der Waals surface area contributed by atoms with Crippen molar-refractivity contribution in [2.75, 3.05) is 7.05 Å². The molecule has 1 unspecified atom stereocenters. The summed E-state index contributed by atoms with van der Waals surface area (Å²) in [4.78, 5) is 14.0. The highest BCUT2D eigenvalue weighted by molar-refractivity contribution is 5.76. The maximum absolute atomic E-state index is 12.1. The zero-order chi connectivity index (χ0) is 12.8. The van der Waals surface area contributed by atoms with Crippen LogP contribution < -0.4 is 5.73 Å². The van der Waals surface area contributed by atoms with Gasteiger partial charge in [-0.1, -0.05) is 13.3 Å². The second-order valence-corrected chi connectivity index (χ2v) is 5.63. The molecule has 0 spiro atoms. The maximum atomic E-state index is 12.1. The Balaban J connectivity index is 2.33. The Morgan fingerprint density at radius 1 is 1.35 bits per heavy atom. The lowest BCUT2D eigenvalue weighted by Gasteiger charge is -2.29. The van der Waals surface area contributed by atoms with Gasteiger partial charge in [-0.3, -0.25) is 4.79 Å². The van der Waals surface area contributed by atoms with Gasteiger partial charge in [-0.2, -0.15) is 0 Å². The van der Waals surface area contributed by atoms with Crippen LogP contribution >= 0.6 is 0 Å². The molecule has 0 aromatic rings. The Labute approximate surface area is 106 Å². The summed E-state index contributed by atoms with van der Waals surface area (Å²) in [6.45, 7) is 4.30. The number of nitrogens with zero attached hydrogens (tertiary/aromatic N) is 1. The van der Waals surface area contributed by atoms with Gasteiger partial charge in [0.1, 0.15) is 0 Å². The fourth-order valence-corrected chi connectivity index (χ4v) is 2.64. The minimum absolute atomic E-state index is 0.312. The van der Waals surface area contributed by atoms with Gasteiger partial charge in [0.15, 0.2) is 0 Å². The summed E-state index contributed by atoms with van der Waals surface area (Å²) >= 11 is 0. The van der Waals surface area contributed by atoms with Crippen molar-refractivity contribution in [3.05, 3.63) is 0 Å². The number of nitrogens with two attached hydrogens (primary N) is 1. The Morgan fingerprint density at radius 3 is 2.47 bits per heavy atom. The molecule has 0 aromatic heterocycles. The molecule has 0 aromatic carbocycles. The van der Waals surface area contributed by atoms with Crippen LogP contribution in [0.3, 0.4) is 0 Å². The summed E-state index contributed by atoms with van der Waals surface area (Å²) in [7, 11) is 1.94. The van der Waals surface area contributed by atoms with Crippen molar-refractivity contribution in [3.8, 4) is 0 Å². The molecule has 3 nitrogen and oxygen atoms in total. The molecule has 0 aliphatic heterocycles. The average molecular weight is 240 g/mol. The Hall–Kier alpha value is -0.570. The van der Waals surface area contributed by atoms with Gasteiger partial charge in [0.25, 0.3) is 0 Å². The lowest BCUT2D eigenvalue weighted by molar-refractivity contribution is -0.133. The Bertz CT molecular complexity index is 234. The summed E-state index contributed by atoms with van der Waals surface area (Å²) in [5, 5.41) is 0. The van der Waals surface area contributed by atoms with E-state index in [0.29, 0.717) is 23.9 Å². The second kappa shape index (κ2) is 7.00. The fraction of sp³-hybridized carbons (Fsp3) is 0.929. The van der Waals surface area contributed by atoms with E-state index in [1.54, 1.807) is 0 Å². The van der Waals surface area contributed by atoms with E-state index in [9.17, 15) is 4.79 Å². The van der Waals surface area contributed by atoms with E-state index in [1.807, 2.05) is 11.9 Å². The van der Waals surface area contributed by atoms with Crippen LogP contribution in [0.25, 0.3) is 0 Å². The average Bonchev–Trinajstić information content (AvgIpc) is 2.31. The summed E-state index contributed by atoms with van der Waals surface area (Å²) in [5.74, 6) is 0.880. The minimum Gasteiger partial charge on any atom is -0.343 e. The van der Waals surface area contributed by atoms with E-state index < -0.39 is 0 Å². The van der Waals surface area contributed by atoms with Gasteiger partial charge < -0.3 is 10.6 Å². The van der Waals surface area contributed by atoms with E-state index in [1.165, 1.54) is 0 Å². The van der Waals surface area contributed by atoms with Gasteiger partial charge in [-0.25, -0.2) is 0 Å². The molecule has 3 heteroatoms. The third-order valence-electron chi connectivity index (χ3n) is 4.12. The van der Waals surface area contributed by atoms with Gasteiger partial charge >= 0.3 is 0 Å². The monoisotopic (exact) mass is 240 g/mol. The number of carbonyl (C=O) groups is 1. The number of carbonyl (C=O) groups excluding carboxylic acids is 1. The van der Waals surface area contributed by atoms with Gasteiger partial charge in [-0.05, 0) is 44.9 Å². The molecule has 0 heterocycles. The fourth-order valence-electron chi connectivity index (χ4n) is 2.64. The standard InChI is InChI=1S/C14H28N2O/c1-4-5-11(2)16(3)14(17)10-12-6-8-13(15)9-7-12/h11-13H,4-10,15H2,1-3H3. The summed E-state index contributed by atoms with van der Waals surface area (Å²) in [6, 6.07) is 0.747. The molecule has 100 valence electrons. The molecule has 1 amide bonds. The number of rotatable bonds is 5. The summed E-state index contributed by atoms with van der Waals surface area (Å²) < 4.78 is 0.